The van der Waals surface area contributed by atoms with Crippen LogP contribution in [0.5, 0.6) is 0 Å². The third kappa shape index (κ3) is 3.20. The first-order valence-electron chi connectivity index (χ1n) is 9.05. The third-order valence-electron chi connectivity index (χ3n) is 4.77. The minimum Gasteiger partial charge on any atom is -0.352 e. The summed E-state index contributed by atoms with van der Waals surface area (Å²) in [5.41, 5.74) is 3.85. The second kappa shape index (κ2) is 6.81. The van der Waals surface area contributed by atoms with Crippen molar-refractivity contribution < 1.29 is 14.4 Å². The summed E-state index contributed by atoms with van der Waals surface area (Å²) >= 11 is 0. The Labute approximate surface area is 160 Å². The summed E-state index contributed by atoms with van der Waals surface area (Å²) in [7, 11) is 0. The number of Topliss-reactive ketones (excluding diaryl/α,β-unsaturated/α-hetero) is 2. The molecule has 0 saturated carbocycles. The molecule has 2 aromatic carbocycles. The molecule has 28 heavy (non-hydrogen) atoms. The highest BCUT2D eigenvalue weighted by Crippen LogP contribution is 2.22. The van der Waals surface area contributed by atoms with Gasteiger partial charge in [-0.15, -0.1) is 0 Å². The molecule has 0 spiro atoms. The van der Waals surface area contributed by atoms with Crippen molar-refractivity contribution in [2.75, 3.05) is 5.32 Å². The van der Waals surface area contributed by atoms with Crippen molar-refractivity contribution in [2.24, 2.45) is 0 Å². The van der Waals surface area contributed by atoms with Crippen LogP contribution in [0.15, 0.2) is 48.5 Å². The van der Waals surface area contributed by atoms with Crippen molar-refractivity contribution >= 4 is 45.0 Å². The predicted molar refractivity (Wildman–Crippen MR) is 109 cm³/mol. The first-order chi connectivity index (χ1) is 13.4. The van der Waals surface area contributed by atoms with Gasteiger partial charge in [-0.05, 0) is 55.5 Å². The van der Waals surface area contributed by atoms with Gasteiger partial charge in [-0.2, -0.15) is 0 Å². The van der Waals surface area contributed by atoms with Crippen LogP contribution < -0.4 is 5.32 Å². The van der Waals surface area contributed by atoms with Crippen molar-refractivity contribution in [3.05, 3.63) is 65.5 Å². The van der Waals surface area contributed by atoms with Gasteiger partial charge in [-0.3, -0.25) is 14.4 Å². The van der Waals surface area contributed by atoms with Gasteiger partial charge in [0, 0.05) is 39.5 Å². The molecule has 0 atom stereocenters. The number of aromatic amines is 2. The van der Waals surface area contributed by atoms with Crippen LogP contribution in [-0.4, -0.2) is 27.4 Å². The standard InChI is InChI=1S/C22H19N3O3/c1-3-21(27)19-10-15-9-16(5-7-18(15)24-19)23-22(28)20-11-14-8-13(12(2)26)4-6-17(14)25-20/h4-11,24-25H,3H2,1-2H3,(H,23,28). The van der Waals surface area contributed by atoms with Gasteiger partial charge < -0.3 is 15.3 Å². The number of carbonyl (C=O) groups excluding carboxylic acids is 3. The number of carbonyl (C=O) groups is 3. The number of H-pyrrole nitrogens is 2. The molecular formula is C22H19N3O3. The van der Waals surface area contributed by atoms with Gasteiger partial charge in [0.2, 0.25) is 0 Å². The first kappa shape index (κ1) is 17.7. The van der Waals surface area contributed by atoms with E-state index in [-0.39, 0.29) is 17.5 Å². The first-order valence-corrected chi connectivity index (χ1v) is 9.05. The topological polar surface area (TPSA) is 94.8 Å². The lowest BCUT2D eigenvalue weighted by Crippen LogP contribution is -2.11. The van der Waals surface area contributed by atoms with E-state index in [1.807, 2.05) is 19.1 Å². The Morgan fingerprint density at radius 3 is 2.21 bits per heavy atom. The van der Waals surface area contributed by atoms with Crippen molar-refractivity contribution in [3.8, 4) is 0 Å². The van der Waals surface area contributed by atoms with Gasteiger partial charge >= 0.3 is 0 Å². The maximum absolute atomic E-state index is 12.6. The number of amides is 1. The van der Waals surface area contributed by atoms with Crippen LogP contribution >= 0.6 is 0 Å². The number of fused-ring (bicyclic) bond motifs is 2. The minimum absolute atomic E-state index is 0.0187. The molecule has 0 fully saturated rings. The molecule has 0 bridgehead atoms. The molecule has 0 aliphatic heterocycles. The SMILES string of the molecule is CCC(=O)c1cc2cc(NC(=O)c3cc4cc(C(C)=O)ccc4[nH]3)ccc2[nH]1. The fourth-order valence-electron chi connectivity index (χ4n) is 3.22. The Bertz CT molecular complexity index is 1250. The van der Waals surface area contributed by atoms with Crippen LogP contribution in [0.4, 0.5) is 5.69 Å². The summed E-state index contributed by atoms with van der Waals surface area (Å²) in [5.74, 6) is -0.250. The highest BCUT2D eigenvalue weighted by Gasteiger charge is 2.12. The van der Waals surface area contributed by atoms with Crippen LogP contribution in [0.3, 0.4) is 0 Å². The third-order valence-corrected chi connectivity index (χ3v) is 4.77. The van der Waals surface area contributed by atoms with Crippen molar-refractivity contribution in [3.63, 3.8) is 0 Å². The lowest BCUT2D eigenvalue weighted by Gasteiger charge is -2.03. The second-order valence-corrected chi connectivity index (χ2v) is 6.76. The summed E-state index contributed by atoms with van der Waals surface area (Å²) in [5, 5.41) is 4.53. The Kier molecular flexibility index (Phi) is 4.31. The number of hydrogen-bond acceptors (Lipinski definition) is 3. The molecule has 3 N–H and O–H groups in total. The molecule has 140 valence electrons. The zero-order valence-corrected chi connectivity index (χ0v) is 15.6. The van der Waals surface area contributed by atoms with E-state index in [1.165, 1.54) is 6.92 Å². The number of nitrogens with one attached hydrogen (secondary N) is 3. The average Bonchev–Trinajstić information content (AvgIpc) is 3.30. The van der Waals surface area contributed by atoms with Crippen LogP contribution in [0, 0.1) is 0 Å². The number of anilines is 1. The molecule has 6 heteroatoms. The highest BCUT2D eigenvalue weighted by molar-refractivity contribution is 6.08. The number of aromatic nitrogens is 2. The lowest BCUT2D eigenvalue weighted by molar-refractivity contribution is 0.0981. The second-order valence-electron chi connectivity index (χ2n) is 6.76. The number of ketones is 2. The molecule has 0 aliphatic carbocycles. The van der Waals surface area contributed by atoms with Gasteiger partial charge in [0.05, 0.1) is 5.69 Å². The van der Waals surface area contributed by atoms with E-state index in [0.29, 0.717) is 29.1 Å². The average molecular weight is 373 g/mol. The molecule has 4 rings (SSSR count). The Balaban J connectivity index is 1.59. The largest absolute Gasteiger partial charge is 0.352 e. The van der Waals surface area contributed by atoms with E-state index < -0.39 is 0 Å². The fourth-order valence-corrected chi connectivity index (χ4v) is 3.22. The quantitative estimate of drug-likeness (QED) is 0.443. The number of benzene rings is 2. The molecule has 2 aromatic heterocycles. The monoisotopic (exact) mass is 373 g/mol. The Morgan fingerprint density at radius 2 is 1.50 bits per heavy atom. The summed E-state index contributed by atoms with van der Waals surface area (Å²) in [6, 6.07) is 14.3. The van der Waals surface area contributed by atoms with Crippen molar-refractivity contribution in [1.29, 1.82) is 0 Å². The molecule has 4 aromatic rings. The summed E-state index contributed by atoms with van der Waals surface area (Å²) in [6.45, 7) is 3.33. The van der Waals surface area contributed by atoms with Gasteiger partial charge in [0.1, 0.15) is 5.69 Å². The van der Waals surface area contributed by atoms with Gasteiger partial charge in [0.15, 0.2) is 11.6 Å². The minimum atomic E-state index is -0.277. The van der Waals surface area contributed by atoms with Gasteiger partial charge in [-0.1, -0.05) is 6.92 Å². The molecule has 0 saturated heterocycles. The van der Waals surface area contributed by atoms with Crippen LogP contribution in [0.2, 0.25) is 0 Å². The summed E-state index contributed by atoms with van der Waals surface area (Å²) in [4.78, 5) is 42.2. The van der Waals surface area contributed by atoms with E-state index in [4.69, 9.17) is 0 Å². The lowest BCUT2D eigenvalue weighted by atomic mass is 10.1. The number of hydrogen-bond donors (Lipinski definition) is 3. The Hall–Kier alpha value is -3.67. The van der Waals surface area contributed by atoms with E-state index >= 15 is 0 Å². The maximum Gasteiger partial charge on any atom is 0.272 e. The van der Waals surface area contributed by atoms with Crippen LogP contribution in [0.1, 0.15) is 51.6 Å². The molecule has 6 nitrogen and oxygen atoms in total. The smallest absolute Gasteiger partial charge is 0.272 e. The molecule has 0 aliphatic rings. The fraction of sp³-hybridized carbons (Fsp3) is 0.136. The van der Waals surface area contributed by atoms with E-state index in [9.17, 15) is 14.4 Å². The molecule has 0 unspecified atom stereocenters. The van der Waals surface area contributed by atoms with E-state index in [1.54, 1.807) is 36.4 Å². The van der Waals surface area contributed by atoms with E-state index in [0.717, 1.165) is 21.8 Å². The van der Waals surface area contributed by atoms with Gasteiger partial charge in [-0.25, -0.2) is 0 Å². The predicted octanol–water partition coefficient (Wildman–Crippen LogP) is 4.70. The van der Waals surface area contributed by atoms with Crippen molar-refractivity contribution in [2.45, 2.75) is 20.3 Å². The summed E-state index contributed by atoms with van der Waals surface area (Å²) < 4.78 is 0. The van der Waals surface area contributed by atoms with Crippen LogP contribution in [-0.2, 0) is 0 Å². The zero-order chi connectivity index (χ0) is 19.8. The molecule has 2 heterocycles. The number of rotatable bonds is 5. The van der Waals surface area contributed by atoms with Gasteiger partial charge in [0.25, 0.3) is 5.91 Å². The maximum atomic E-state index is 12.6. The molecule has 1 amide bonds. The summed E-state index contributed by atoms with van der Waals surface area (Å²) in [6.07, 6.45) is 0.433. The molecular weight excluding hydrogens is 354 g/mol. The highest BCUT2D eigenvalue weighted by atomic mass is 16.2. The molecule has 0 radical (unpaired) electrons. The van der Waals surface area contributed by atoms with E-state index in [2.05, 4.69) is 15.3 Å². The zero-order valence-electron chi connectivity index (χ0n) is 15.6. The normalized spacial score (nSPS) is 11.1. The Morgan fingerprint density at radius 1 is 0.857 bits per heavy atom. The van der Waals surface area contributed by atoms with Crippen LogP contribution in [0.25, 0.3) is 21.8 Å². The van der Waals surface area contributed by atoms with Crippen molar-refractivity contribution in [1.82, 2.24) is 9.97 Å².